The fourth-order valence-electron chi connectivity index (χ4n) is 3.26. The molecule has 2 aromatic carbocycles. The maximum absolute atomic E-state index is 12.1. The molecule has 0 aliphatic heterocycles. The number of hydrogen-bond acceptors (Lipinski definition) is 2. The van der Waals surface area contributed by atoms with E-state index in [9.17, 15) is 4.79 Å². The molecule has 0 atom stereocenters. The van der Waals surface area contributed by atoms with Crippen molar-refractivity contribution >= 4 is 28.2 Å². The van der Waals surface area contributed by atoms with Gasteiger partial charge in [-0.05, 0) is 55.2 Å². The van der Waals surface area contributed by atoms with Crippen LogP contribution in [-0.4, -0.2) is 17.4 Å². The summed E-state index contributed by atoms with van der Waals surface area (Å²) in [5.41, 5.74) is 4.41. The summed E-state index contributed by atoms with van der Waals surface area (Å²) in [6.07, 6.45) is 4.78. The smallest absolute Gasteiger partial charge is 0.227 e. The number of fused-ring (bicyclic) bond motifs is 1. The van der Waals surface area contributed by atoms with Gasteiger partial charge in [-0.1, -0.05) is 32.0 Å². The normalized spacial score (nSPS) is 11.0. The largest absolute Gasteiger partial charge is 0.385 e. The number of para-hydroxylation sites is 1. The molecule has 136 valence electrons. The minimum atomic E-state index is 0.0870. The zero-order valence-electron chi connectivity index (χ0n) is 15.5. The highest BCUT2D eigenvalue weighted by atomic mass is 16.1. The monoisotopic (exact) mass is 349 g/mol. The number of nitrogens with one attached hydrogen (secondary N) is 3. The van der Waals surface area contributed by atoms with Gasteiger partial charge in [0.25, 0.3) is 0 Å². The molecule has 0 saturated heterocycles. The van der Waals surface area contributed by atoms with Crippen LogP contribution in [0, 0.1) is 5.92 Å². The lowest BCUT2D eigenvalue weighted by molar-refractivity contribution is -0.120. The van der Waals surface area contributed by atoms with E-state index in [1.54, 1.807) is 0 Å². The average molecular weight is 349 g/mol. The van der Waals surface area contributed by atoms with Crippen molar-refractivity contribution in [3.63, 3.8) is 0 Å². The molecule has 4 nitrogen and oxygen atoms in total. The summed E-state index contributed by atoms with van der Waals surface area (Å²) in [7, 11) is 0. The van der Waals surface area contributed by atoms with Gasteiger partial charge in [-0.2, -0.15) is 0 Å². The van der Waals surface area contributed by atoms with Crippen molar-refractivity contribution in [1.29, 1.82) is 0 Å². The third-order valence-electron chi connectivity index (χ3n) is 4.91. The molecule has 26 heavy (non-hydrogen) atoms. The van der Waals surface area contributed by atoms with E-state index in [0.29, 0.717) is 0 Å². The van der Waals surface area contributed by atoms with Crippen LogP contribution in [0.4, 0.5) is 11.4 Å². The van der Waals surface area contributed by atoms with Crippen LogP contribution in [0.2, 0.25) is 0 Å². The summed E-state index contributed by atoms with van der Waals surface area (Å²) in [6, 6.07) is 16.3. The first-order valence-electron chi connectivity index (χ1n) is 9.41. The summed E-state index contributed by atoms with van der Waals surface area (Å²) >= 11 is 0. The molecule has 0 unspecified atom stereocenters. The minimum absolute atomic E-state index is 0.0870. The molecular formula is C22H27N3O. The molecule has 0 radical (unpaired) electrons. The Morgan fingerprint density at radius 1 is 1.00 bits per heavy atom. The van der Waals surface area contributed by atoms with Gasteiger partial charge in [0.1, 0.15) is 0 Å². The van der Waals surface area contributed by atoms with Crippen molar-refractivity contribution in [1.82, 2.24) is 4.98 Å². The van der Waals surface area contributed by atoms with E-state index in [-0.39, 0.29) is 11.8 Å². The molecule has 0 spiro atoms. The maximum atomic E-state index is 12.1. The van der Waals surface area contributed by atoms with Gasteiger partial charge in [-0.15, -0.1) is 0 Å². The van der Waals surface area contributed by atoms with Gasteiger partial charge < -0.3 is 15.6 Å². The Morgan fingerprint density at radius 2 is 1.69 bits per heavy atom. The summed E-state index contributed by atoms with van der Waals surface area (Å²) in [5.74, 6) is 0.194. The molecule has 0 fully saturated rings. The third-order valence-corrected chi connectivity index (χ3v) is 4.91. The van der Waals surface area contributed by atoms with Gasteiger partial charge in [0.15, 0.2) is 0 Å². The third kappa shape index (κ3) is 4.26. The Hall–Kier alpha value is -2.75. The van der Waals surface area contributed by atoms with Crippen molar-refractivity contribution in [3.8, 4) is 0 Å². The second kappa shape index (κ2) is 8.56. The van der Waals surface area contributed by atoms with E-state index in [4.69, 9.17) is 0 Å². The number of aromatic nitrogens is 1. The maximum Gasteiger partial charge on any atom is 0.227 e. The quantitative estimate of drug-likeness (QED) is 0.524. The predicted octanol–water partition coefficient (Wildman–Crippen LogP) is 5.20. The number of rotatable bonds is 8. The molecular weight excluding hydrogens is 322 g/mol. The molecule has 0 aliphatic rings. The van der Waals surface area contributed by atoms with Crippen molar-refractivity contribution in [2.75, 3.05) is 17.2 Å². The van der Waals surface area contributed by atoms with Crippen LogP contribution in [0.3, 0.4) is 0 Å². The van der Waals surface area contributed by atoms with Gasteiger partial charge in [0, 0.05) is 40.9 Å². The number of amides is 1. The fourth-order valence-corrected chi connectivity index (χ4v) is 3.26. The molecule has 3 rings (SSSR count). The van der Waals surface area contributed by atoms with Gasteiger partial charge in [0.05, 0.1) is 0 Å². The first-order valence-corrected chi connectivity index (χ1v) is 9.41. The SMILES string of the molecule is CCC(CC)C(=O)Nc1ccc(NCCc2c[nH]c3ccccc23)cc1. The molecule has 3 N–H and O–H groups in total. The molecule has 4 heteroatoms. The van der Waals surface area contributed by atoms with E-state index in [1.165, 1.54) is 16.5 Å². The van der Waals surface area contributed by atoms with E-state index < -0.39 is 0 Å². The Bertz CT molecular complexity index is 847. The van der Waals surface area contributed by atoms with Crippen molar-refractivity contribution < 1.29 is 4.79 Å². The van der Waals surface area contributed by atoms with Gasteiger partial charge >= 0.3 is 0 Å². The lowest BCUT2D eigenvalue weighted by atomic mass is 10.0. The predicted molar refractivity (Wildman–Crippen MR) is 110 cm³/mol. The summed E-state index contributed by atoms with van der Waals surface area (Å²) in [4.78, 5) is 15.5. The summed E-state index contributed by atoms with van der Waals surface area (Å²) in [6.45, 7) is 4.96. The summed E-state index contributed by atoms with van der Waals surface area (Å²) < 4.78 is 0. The molecule has 0 saturated carbocycles. The van der Waals surface area contributed by atoms with Crippen molar-refractivity contribution in [2.45, 2.75) is 33.1 Å². The van der Waals surface area contributed by atoms with E-state index in [2.05, 4.69) is 53.9 Å². The number of carbonyl (C=O) groups excluding carboxylic acids is 1. The molecule has 1 heterocycles. The average Bonchev–Trinajstić information content (AvgIpc) is 3.07. The number of aromatic amines is 1. The topological polar surface area (TPSA) is 56.9 Å². The first-order chi connectivity index (χ1) is 12.7. The number of anilines is 2. The Kier molecular flexibility index (Phi) is 5.95. The van der Waals surface area contributed by atoms with Crippen LogP contribution in [0.15, 0.2) is 54.7 Å². The lowest BCUT2D eigenvalue weighted by Crippen LogP contribution is -2.21. The van der Waals surface area contributed by atoms with Crippen LogP contribution in [-0.2, 0) is 11.2 Å². The number of H-pyrrole nitrogens is 1. The van der Waals surface area contributed by atoms with Crippen molar-refractivity contribution in [3.05, 3.63) is 60.3 Å². The highest BCUT2D eigenvalue weighted by molar-refractivity contribution is 5.92. The summed E-state index contributed by atoms with van der Waals surface area (Å²) in [5, 5.41) is 7.73. The Labute approximate surface area is 155 Å². The van der Waals surface area contributed by atoms with E-state index >= 15 is 0 Å². The second-order valence-corrected chi connectivity index (χ2v) is 6.62. The molecule has 0 aliphatic carbocycles. The zero-order chi connectivity index (χ0) is 18.4. The number of carbonyl (C=O) groups is 1. The van der Waals surface area contributed by atoms with E-state index in [1.807, 2.05) is 30.3 Å². The highest BCUT2D eigenvalue weighted by Gasteiger charge is 2.13. The molecule has 1 aromatic heterocycles. The second-order valence-electron chi connectivity index (χ2n) is 6.62. The number of hydrogen-bond donors (Lipinski definition) is 3. The Balaban J connectivity index is 1.52. The van der Waals surface area contributed by atoms with Crippen LogP contribution in [0.5, 0.6) is 0 Å². The zero-order valence-corrected chi connectivity index (χ0v) is 15.5. The lowest BCUT2D eigenvalue weighted by Gasteiger charge is -2.13. The van der Waals surface area contributed by atoms with Crippen LogP contribution in [0.25, 0.3) is 10.9 Å². The van der Waals surface area contributed by atoms with Crippen LogP contribution in [0.1, 0.15) is 32.3 Å². The highest BCUT2D eigenvalue weighted by Crippen LogP contribution is 2.19. The molecule has 1 amide bonds. The molecule has 3 aromatic rings. The van der Waals surface area contributed by atoms with E-state index in [0.717, 1.165) is 37.2 Å². The van der Waals surface area contributed by atoms with Crippen LogP contribution >= 0.6 is 0 Å². The van der Waals surface area contributed by atoms with Gasteiger partial charge in [-0.25, -0.2) is 0 Å². The van der Waals surface area contributed by atoms with Gasteiger partial charge in [0.2, 0.25) is 5.91 Å². The number of benzene rings is 2. The van der Waals surface area contributed by atoms with Gasteiger partial charge in [-0.3, -0.25) is 4.79 Å². The molecule has 0 bridgehead atoms. The standard InChI is InChI=1S/C22H27N3O/c1-3-16(4-2)22(26)25-19-11-9-18(10-12-19)23-14-13-17-15-24-21-8-6-5-7-20(17)21/h5-12,15-16,23-24H,3-4,13-14H2,1-2H3,(H,25,26). The van der Waals surface area contributed by atoms with Crippen LogP contribution < -0.4 is 10.6 Å². The first kappa shape index (κ1) is 18.1. The minimum Gasteiger partial charge on any atom is -0.385 e. The Morgan fingerprint density at radius 3 is 2.42 bits per heavy atom. The van der Waals surface area contributed by atoms with Crippen molar-refractivity contribution in [2.24, 2.45) is 5.92 Å². The fraction of sp³-hybridized carbons (Fsp3) is 0.318.